The Morgan fingerprint density at radius 1 is 1.00 bits per heavy atom. The second-order valence-corrected chi connectivity index (χ2v) is 14.3. The number of sulfonamides is 1. The Hall–Kier alpha value is -2.60. The van der Waals surface area contributed by atoms with E-state index in [0.717, 1.165) is 63.6 Å². The number of piperidine rings is 2. The third-order valence-electron chi connectivity index (χ3n) is 9.39. The van der Waals surface area contributed by atoms with Gasteiger partial charge in [-0.3, -0.25) is 4.79 Å². The summed E-state index contributed by atoms with van der Waals surface area (Å²) in [7, 11) is -1.49. The van der Waals surface area contributed by atoms with Gasteiger partial charge in [-0.25, -0.2) is 22.7 Å². The molecule has 0 unspecified atom stereocenters. The van der Waals surface area contributed by atoms with Crippen LogP contribution in [0.1, 0.15) is 78.2 Å². The zero-order valence-corrected chi connectivity index (χ0v) is 26.3. The Kier molecular flexibility index (Phi) is 9.81. The number of benzene rings is 1. The van der Waals surface area contributed by atoms with Crippen molar-refractivity contribution < 1.29 is 17.9 Å². The number of hydrogen-bond donors (Lipinski definition) is 1. The van der Waals surface area contributed by atoms with E-state index in [4.69, 9.17) is 4.74 Å². The zero-order chi connectivity index (χ0) is 29.9. The molecular formula is C31H46N6O4S. The molecule has 3 aliphatic rings. The molecule has 5 rings (SSSR count). The Bertz CT molecular complexity index is 1320. The summed E-state index contributed by atoms with van der Waals surface area (Å²) >= 11 is 0. The topological polar surface area (TPSA) is 108 Å². The molecule has 1 N–H and O–H groups in total. The van der Waals surface area contributed by atoms with Crippen LogP contribution in [0.2, 0.25) is 0 Å². The van der Waals surface area contributed by atoms with E-state index in [2.05, 4.69) is 51.4 Å². The summed E-state index contributed by atoms with van der Waals surface area (Å²) < 4.78 is 31.8. The lowest BCUT2D eigenvalue weighted by molar-refractivity contribution is -0.0442. The van der Waals surface area contributed by atoms with Crippen LogP contribution in [0.25, 0.3) is 0 Å². The van der Waals surface area contributed by atoms with Gasteiger partial charge in [-0.15, -0.1) is 0 Å². The van der Waals surface area contributed by atoms with Gasteiger partial charge in [0.1, 0.15) is 17.8 Å². The maximum absolute atomic E-state index is 13.5. The third-order valence-corrected chi connectivity index (χ3v) is 10.7. The Balaban J connectivity index is 1.11. The average Bonchev–Trinajstić information content (AvgIpc) is 3.00. The summed E-state index contributed by atoms with van der Waals surface area (Å²) in [6.07, 6.45) is 9.58. The number of aromatic nitrogens is 2. The quantitative estimate of drug-likeness (QED) is 0.489. The van der Waals surface area contributed by atoms with E-state index >= 15 is 0 Å². The zero-order valence-electron chi connectivity index (χ0n) is 25.5. The molecule has 1 aromatic heterocycles. The number of hydrogen-bond acceptors (Lipinski definition) is 8. The summed E-state index contributed by atoms with van der Waals surface area (Å²) in [5.74, 6) is 0.643. The van der Waals surface area contributed by atoms with Crippen LogP contribution in [0.3, 0.4) is 0 Å². The molecule has 4 heterocycles. The van der Waals surface area contributed by atoms with E-state index in [9.17, 15) is 13.2 Å². The van der Waals surface area contributed by atoms with Gasteiger partial charge >= 0.3 is 0 Å². The van der Waals surface area contributed by atoms with Crippen LogP contribution in [-0.2, 0) is 14.8 Å². The number of aryl methyl sites for hydroxylation is 1. The number of amides is 1. The number of anilines is 1. The number of nitrogens with zero attached hydrogens (tertiary/aromatic N) is 5. The van der Waals surface area contributed by atoms with Crippen molar-refractivity contribution in [3.63, 3.8) is 0 Å². The summed E-state index contributed by atoms with van der Waals surface area (Å²) in [5.41, 5.74) is 3.70. The monoisotopic (exact) mass is 598 g/mol. The molecule has 2 atom stereocenters. The van der Waals surface area contributed by atoms with Gasteiger partial charge in [-0.2, -0.15) is 0 Å². The number of carbonyl (C=O) groups is 1. The Morgan fingerprint density at radius 3 is 2.36 bits per heavy atom. The maximum Gasteiger partial charge on any atom is 0.272 e. The molecule has 0 aliphatic carbocycles. The van der Waals surface area contributed by atoms with Gasteiger partial charge in [-0.1, -0.05) is 29.8 Å². The van der Waals surface area contributed by atoms with Crippen LogP contribution >= 0.6 is 0 Å². The lowest BCUT2D eigenvalue weighted by atomic mass is 9.97. The van der Waals surface area contributed by atoms with Crippen molar-refractivity contribution in [2.45, 2.75) is 83.1 Å². The molecule has 11 heteroatoms. The van der Waals surface area contributed by atoms with Gasteiger partial charge in [0.05, 0.1) is 18.5 Å². The first-order valence-corrected chi connectivity index (χ1v) is 17.2. The van der Waals surface area contributed by atoms with Gasteiger partial charge in [0.15, 0.2) is 0 Å². The van der Waals surface area contributed by atoms with Gasteiger partial charge in [0.25, 0.3) is 5.91 Å². The van der Waals surface area contributed by atoms with Gasteiger partial charge in [0.2, 0.25) is 10.0 Å². The smallest absolute Gasteiger partial charge is 0.272 e. The minimum absolute atomic E-state index is 0.0433. The number of rotatable bonds is 8. The van der Waals surface area contributed by atoms with E-state index < -0.39 is 10.0 Å². The van der Waals surface area contributed by atoms with E-state index in [1.54, 1.807) is 7.05 Å². The Labute approximate surface area is 250 Å². The normalized spacial score (nSPS) is 23.3. The highest BCUT2D eigenvalue weighted by Gasteiger charge is 2.33. The lowest BCUT2D eigenvalue weighted by Gasteiger charge is -2.43. The summed E-state index contributed by atoms with van der Waals surface area (Å²) in [4.78, 5) is 26.7. The minimum Gasteiger partial charge on any atom is -0.368 e. The van der Waals surface area contributed by atoms with Crippen molar-refractivity contribution in [1.82, 2.24) is 24.1 Å². The molecule has 3 aliphatic heterocycles. The largest absolute Gasteiger partial charge is 0.368 e. The number of carbonyl (C=O) groups excluding carboxylic acids is 1. The molecule has 1 amide bonds. The van der Waals surface area contributed by atoms with Crippen molar-refractivity contribution in [3.8, 4) is 0 Å². The van der Waals surface area contributed by atoms with Crippen molar-refractivity contribution in [2.24, 2.45) is 0 Å². The predicted molar refractivity (Wildman–Crippen MR) is 164 cm³/mol. The van der Waals surface area contributed by atoms with E-state index in [0.29, 0.717) is 37.2 Å². The highest BCUT2D eigenvalue weighted by atomic mass is 32.2. The van der Waals surface area contributed by atoms with Crippen molar-refractivity contribution in [1.29, 1.82) is 0 Å². The maximum atomic E-state index is 13.5. The first kappa shape index (κ1) is 30.8. The molecule has 0 saturated carbocycles. The first-order valence-electron chi connectivity index (χ1n) is 15.3. The van der Waals surface area contributed by atoms with Crippen molar-refractivity contribution in [2.75, 3.05) is 51.3 Å². The average molecular weight is 599 g/mol. The van der Waals surface area contributed by atoms with Crippen LogP contribution in [0.15, 0.2) is 30.6 Å². The minimum atomic E-state index is -3.17. The standard InChI is InChI=1S/C31H46N6O4S/c1-22-8-10-24(11-9-22)28-7-5-6-27(41-28)20-32-30-23(2)29(33-21-34-30)31(38)37-18-14-26(15-19-37)36-16-12-25(13-17-36)35(3)42(4,39)40/h8-11,21,25-28H,5-7,12-20H2,1-4H3,(H,32,33,34)/t27-,28+/m0/s1. The first-order chi connectivity index (χ1) is 20.1. The van der Waals surface area contributed by atoms with Gasteiger partial charge in [-0.05, 0) is 77.4 Å². The van der Waals surface area contributed by atoms with E-state index in [-0.39, 0.29) is 24.2 Å². The van der Waals surface area contributed by atoms with Gasteiger partial charge < -0.3 is 19.9 Å². The Morgan fingerprint density at radius 2 is 1.69 bits per heavy atom. The highest BCUT2D eigenvalue weighted by Crippen LogP contribution is 2.32. The molecular weight excluding hydrogens is 552 g/mol. The number of nitrogens with one attached hydrogen (secondary N) is 1. The van der Waals surface area contributed by atoms with Crippen molar-refractivity contribution >= 4 is 21.7 Å². The molecule has 10 nitrogen and oxygen atoms in total. The number of ether oxygens (including phenoxy) is 1. The molecule has 3 fully saturated rings. The molecule has 0 spiro atoms. The SMILES string of the molecule is Cc1ccc([C@H]2CCC[C@@H](CNc3ncnc(C(=O)N4CCC(N5CCC(N(C)S(C)(=O)=O)CC5)CC4)c3C)O2)cc1. The molecule has 2 aromatic rings. The van der Waals surface area contributed by atoms with Crippen molar-refractivity contribution in [3.05, 3.63) is 53.0 Å². The molecule has 3 saturated heterocycles. The second kappa shape index (κ2) is 13.4. The second-order valence-electron chi connectivity index (χ2n) is 12.2. The third kappa shape index (κ3) is 7.30. The fourth-order valence-electron chi connectivity index (χ4n) is 6.60. The predicted octanol–water partition coefficient (Wildman–Crippen LogP) is 3.78. The molecule has 1 aromatic carbocycles. The van der Waals surface area contributed by atoms with E-state index in [1.165, 1.54) is 28.0 Å². The fraction of sp³-hybridized carbons (Fsp3) is 0.645. The van der Waals surface area contributed by atoms with Crippen LogP contribution in [0.5, 0.6) is 0 Å². The molecule has 42 heavy (non-hydrogen) atoms. The summed E-state index contributed by atoms with van der Waals surface area (Å²) in [6, 6.07) is 9.08. The summed E-state index contributed by atoms with van der Waals surface area (Å²) in [6.45, 7) is 7.80. The molecule has 0 radical (unpaired) electrons. The van der Waals surface area contributed by atoms with Crippen LogP contribution in [-0.4, -0.2) is 103 Å². The van der Waals surface area contributed by atoms with Gasteiger partial charge in [0, 0.05) is 44.3 Å². The lowest BCUT2D eigenvalue weighted by Crippen LogP contribution is -2.52. The van der Waals surface area contributed by atoms with Crippen LogP contribution in [0, 0.1) is 13.8 Å². The molecule has 230 valence electrons. The van der Waals surface area contributed by atoms with Crippen LogP contribution in [0.4, 0.5) is 5.82 Å². The molecule has 0 bridgehead atoms. The van der Waals surface area contributed by atoms with Crippen LogP contribution < -0.4 is 5.32 Å². The number of likely N-dealkylation sites (tertiary alicyclic amines) is 2. The fourth-order valence-corrected chi connectivity index (χ4v) is 7.35. The van der Waals surface area contributed by atoms with E-state index in [1.807, 2.05) is 11.8 Å². The summed E-state index contributed by atoms with van der Waals surface area (Å²) in [5, 5.41) is 3.44. The highest BCUT2D eigenvalue weighted by molar-refractivity contribution is 7.88.